The number of hydrogen-bond donors (Lipinski definition) is 0. The first-order valence-corrected chi connectivity index (χ1v) is 11.0. The lowest BCUT2D eigenvalue weighted by molar-refractivity contribution is 0.366. The van der Waals surface area contributed by atoms with Crippen LogP contribution >= 0.6 is 11.6 Å². The minimum Gasteiger partial charge on any atom is -0.457 e. The molecular formula is C20H21ClN2O3S. The van der Waals surface area contributed by atoms with Gasteiger partial charge in [-0.3, -0.25) is 0 Å². The maximum absolute atomic E-state index is 12.0. The number of piperidine rings is 1. The van der Waals surface area contributed by atoms with Crippen molar-refractivity contribution in [2.24, 2.45) is 4.40 Å². The summed E-state index contributed by atoms with van der Waals surface area (Å²) in [4.78, 5) is 2.11. The van der Waals surface area contributed by atoms with Gasteiger partial charge in [0, 0.05) is 24.0 Å². The zero-order valence-electron chi connectivity index (χ0n) is 15.1. The molecular weight excluding hydrogens is 384 g/mol. The van der Waals surface area contributed by atoms with Crippen molar-refractivity contribution in [3.05, 3.63) is 58.6 Å². The van der Waals surface area contributed by atoms with Gasteiger partial charge in [0.25, 0.3) is 10.0 Å². The molecule has 2 aromatic rings. The van der Waals surface area contributed by atoms with E-state index in [1.807, 2.05) is 43.3 Å². The van der Waals surface area contributed by atoms with Crippen LogP contribution in [-0.2, 0) is 10.0 Å². The van der Waals surface area contributed by atoms with Crippen molar-refractivity contribution < 1.29 is 13.2 Å². The summed E-state index contributed by atoms with van der Waals surface area (Å²) in [5.41, 5.74) is 2.03. The maximum atomic E-state index is 12.0. The molecule has 27 heavy (non-hydrogen) atoms. The number of sulfonamides is 1. The fraction of sp³-hybridized carbons (Fsp3) is 0.350. The van der Waals surface area contributed by atoms with Crippen molar-refractivity contribution in [2.75, 3.05) is 18.8 Å². The summed E-state index contributed by atoms with van der Waals surface area (Å²) in [5, 5.41) is 0.681. The molecule has 0 amide bonds. The molecule has 2 heterocycles. The molecule has 2 aromatic carbocycles. The van der Waals surface area contributed by atoms with Gasteiger partial charge in [-0.1, -0.05) is 23.7 Å². The molecule has 5 nitrogen and oxygen atoms in total. The van der Waals surface area contributed by atoms with Gasteiger partial charge in [-0.25, -0.2) is 8.42 Å². The summed E-state index contributed by atoms with van der Waals surface area (Å²) >= 11 is 5.99. The summed E-state index contributed by atoms with van der Waals surface area (Å²) in [6.45, 7) is 3.37. The first-order chi connectivity index (χ1) is 12.9. The highest BCUT2D eigenvalue weighted by Gasteiger charge is 2.33. The van der Waals surface area contributed by atoms with Gasteiger partial charge in [-0.15, -0.1) is 4.40 Å². The highest BCUT2D eigenvalue weighted by atomic mass is 35.5. The smallest absolute Gasteiger partial charge is 0.256 e. The summed E-state index contributed by atoms with van der Waals surface area (Å²) in [7, 11) is -3.34. The molecule has 7 heteroatoms. The number of amidine groups is 1. The predicted molar refractivity (Wildman–Crippen MR) is 107 cm³/mol. The Morgan fingerprint density at radius 3 is 2.67 bits per heavy atom. The Morgan fingerprint density at radius 1 is 1.15 bits per heavy atom. The number of rotatable bonds is 3. The zero-order valence-corrected chi connectivity index (χ0v) is 16.6. The molecule has 0 aliphatic carbocycles. The molecule has 0 aromatic heterocycles. The fourth-order valence-corrected chi connectivity index (χ4v) is 4.95. The molecule has 142 valence electrons. The highest BCUT2D eigenvalue weighted by Crippen LogP contribution is 2.33. The van der Waals surface area contributed by atoms with Gasteiger partial charge in [0.15, 0.2) is 0 Å². The van der Waals surface area contributed by atoms with E-state index in [1.54, 1.807) is 6.07 Å². The van der Waals surface area contributed by atoms with Crippen LogP contribution in [0.4, 0.5) is 0 Å². The number of aryl methyl sites for hydroxylation is 1. The second-order valence-corrected chi connectivity index (χ2v) is 9.19. The molecule has 0 bridgehead atoms. The number of ether oxygens (including phenoxy) is 1. The van der Waals surface area contributed by atoms with Crippen LogP contribution in [0.3, 0.4) is 0 Å². The molecule has 2 aliphatic rings. The predicted octanol–water partition coefficient (Wildman–Crippen LogP) is 4.36. The number of fused-ring (bicyclic) bond motifs is 1. The first kappa shape index (κ1) is 18.3. The number of halogens is 1. The lowest BCUT2D eigenvalue weighted by atomic mass is 9.89. The van der Waals surface area contributed by atoms with Gasteiger partial charge in [0.1, 0.15) is 17.3 Å². The van der Waals surface area contributed by atoms with Crippen molar-refractivity contribution in [1.82, 2.24) is 4.90 Å². The summed E-state index contributed by atoms with van der Waals surface area (Å²) in [6.07, 6.45) is 1.94. The Bertz CT molecular complexity index is 987. The quantitative estimate of drug-likeness (QED) is 0.762. The summed E-state index contributed by atoms with van der Waals surface area (Å²) in [6, 6.07) is 13.4. The van der Waals surface area contributed by atoms with Gasteiger partial charge in [-0.05, 0) is 61.2 Å². The molecule has 1 saturated heterocycles. The van der Waals surface area contributed by atoms with Crippen molar-refractivity contribution in [3.63, 3.8) is 0 Å². The van der Waals surface area contributed by atoms with E-state index in [9.17, 15) is 8.42 Å². The molecule has 1 fully saturated rings. The van der Waals surface area contributed by atoms with Gasteiger partial charge < -0.3 is 9.64 Å². The number of nitrogens with zero attached hydrogens (tertiary/aromatic N) is 2. The van der Waals surface area contributed by atoms with E-state index in [0.29, 0.717) is 17.4 Å². The first-order valence-electron chi connectivity index (χ1n) is 9.03. The third-order valence-corrected chi connectivity index (χ3v) is 6.45. The van der Waals surface area contributed by atoms with E-state index < -0.39 is 10.0 Å². The van der Waals surface area contributed by atoms with Crippen molar-refractivity contribution in [3.8, 4) is 11.5 Å². The second-order valence-electron chi connectivity index (χ2n) is 7.00. The van der Waals surface area contributed by atoms with Gasteiger partial charge in [0.05, 0.1) is 5.75 Å². The standard InChI is InChI=1S/C20H21ClN2O3S/c1-14-13-16(21)6-9-19(14)26-17-7-4-15(5-8-17)18-3-2-10-23-11-12-27(24,25)22-20(18)23/h4-9,13,18H,2-3,10-12H2,1H3/t18-/m0/s1. The molecule has 0 radical (unpaired) electrons. The SMILES string of the molecule is Cc1cc(Cl)ccc1Oc1ccc([C@@H]2CCCN3CCS(=O)(=O)N=C23)cc1. The van der Waals surface area contributed by atoms with Crippen LogP contribution in [0.1, 0.15) is 29.9 Å². The van der Waals surface area contributed by atoms with Crippen LogP contribution in [0.5, 0.6) is 11.5 Å². The van der Waals surface area contributed by atoms with Gasteiger partial charge >= 0.3 is 0 Å². The van der Waals surface area contributed by atoms with Crippen molar-refractivity contribution in [1.29, 1.82) is 0 Å². The van der Waals surface area contributed by atoms with Crippen LogP contribution < -0.4 is 4.74 Å². The zero-order chi connectivity index (χ0) is 19.0. The highest BCUT2D eigenvalue weighted by molar-refractivity contribution is 7.90. The van der Waals surface area contributed by atoms with E-state index in [0.717, 1.165) is 42.0 Å². The minimum atomic E-state index is -3.34. The monoisotopic (exact) mass is 404 g/mol. The van der Waals surface area contributed by atoms with Gasteiger partial charge in [0.2, 0.25) is 0 Å². The van der Waals surface area contributed by atoms with Crippen molar-refractivity contribution in [2.45, 2.75) is 25.7 Å². The molecule has 0 unspecified atom stereocenters. The Hall–Kier alpha value is -2.05. The van der Waals surface area contributed by atoms with E-state index >= 15 is 0 Å². The maximum Gasteiger partial charge on any atom is 0.256 e. The summed E-state index contributed by atoms with van der Waals surface area (Å²) < 4.78 is 33.9. The second kappa shape index (κ2) is 7.17. The third-order valence-electron chi connectivity index (χ3n) is 5.06. The molecule has 4 rings (SSSR count). The van der Waals surface area contributed by atoms with Crippen LogP contribution in [0.25, 0.3) is 0 Å². The lowest BCUT2D eigenvalue weighted by Crippen LogP contribution is -2.46. The van der Waals surface area contributed by atoms with E-state index in [4.69, 9.17) is 16.3 Å². The topological polar surface area (TPSA) is 59.0 Å². The molecule has 0 spiro atoms. The van der Waals surface area contributed by atoms with Crippen LogP contribution in [0, 0.1) is 6.92 Å². The summed E-state index contributed by atoms with van der Waals surface area (Å²) in [5.74, 6) is 2.31. The van der Waals surface area contributed by atoms with E-state index in [2.05, 4.69) is 9.30 Å². The Morgan fingerprint density at radius 2 is 1.93 bits per heavy atom. The Balaban J connectivity index is 1.57. The van der Waals surface area contributed by atoms with Crippen molar-refractivity contribution >= 4 is 27.5 Å². The van der Waals surface area contributed by atoms with Crippen LogP contribution in [0.15, 0.2) is 46.9 Å². The van der Waals surface area contributed by atoms with Crippen LogP contribution in [0.2, 0.25) is 5.02 Å². The molecule has 0 saturated carbocycles. The fourth-order valence-electron chi connectivity index (χ4n) is 3.65. The minimum absolute atomic E-state index is 0.0140. The number of benzene rings is 2. The average Bonchev–Trinajstić information content (AvgIpc) is 2.63. The molecule has 0 N–H and O–H groups in total. The molecule has 1 atom stereocenters. The van der Waals surface area contributed by atoms with E-state index in [-0.39, 0.29) is 11.7 Å². The molecule has 2 aliphatic heterocycles. The Kier molecular flexibility index (Phi) is 4.86. The largest absolute Gasteiger partial charge is 0.457 e. The third kappa shape index (κ3) is 3.96. The van der Waals surface area contributed by atoms with Gasteiger partial charge in [-0.2, -0.15) is 0 Å². The normalized spacial score (nSPS) is 21.3. The van der Waals surface area contributed by atoms with E-state index in [1.165, 1.54) is 0 Å². The number of hydrogen-bond acceptors (Lipinski definition) is 4. The Labute approximate surface area is 164 Å². The average molecular weight is 405 g/mol. The lowest BCUT2D eigenvalue weighted by Gasteiger charge is -2.37. The van der Waals surface area contributed by atoms with Crippen LogP contribution in [-0.4, -0.2) is 38.0 Å².